The van der Waals surface area contributed by atoms with Gasteiger partial charge in [0.1, 0.15) is 6.04 Å². The van der Waals surface area contributed by atoms with E-state index in [2.05, 4.69) is 10.1 Å². The number of carbonyl (C=O) groups excluding carboxylic acids is 2. The van der Waals surface area contributed by atoms with Gasteiger partial charge in [-0.05, 0) is 17.9 Å². The molecule has 20 heavy (non-hydrogen) atoms. The number of thiophene rings is 1. The molecule has 1 unspecified atom stereocenters. The standard InChI is InChI=1S/C13H17NO5S/c1-19-13(18)10(8-9-4-3-7-20-9)14-11(15)5-2-6-12(16)17/h3-4,7,10H,2,5-6,8H2,1H3,(H,14,15)(H,16,17). The number of esters is 1. The maximum absolute atomic E-state index is 11.7. The minimum atomic E-state index is -0.944. The number of nitrogens with one attached hydrogen (secondary N) is 1. The summed E-state index contributed by atoms with van der Waals surface area (Å²) in [5, 5.41) is 13.0. The number of amides is 1. The van der Waals surface area contributed by atoms with Gasteiger partial charge in [-0.2, -0.15) is 0 Å². The molecule has 7 heteroatoms. The van der Waals surface area contributed by atoms with E-state index in [0.717, 1.165) is 4.88 Å². The lowest BCUT2D eigenvalue weighted by Crippen LogP contribution is -2.42. The highest BCUT2D eigenvalue weighted by Gasteiger charge is 2.22. The van der Waals surface area contributed by atoms with E-state index in [1.54, 1.807) is 0 Å². The Balaban J connectivity index is 2.49. The van der Waals surface area contributed by atoms with Crippen molar-refractivity contribution in [3.8, 4) is 0 Å². The van der Waals surface area contributed by atoms with Crippen LogP contribution in [0.2, 0.25) is 0 Å². The number of hydrogen-bond donors (Lipinski definition) is 2. The zero-order chi connectivity index (χ0) is 15.0. The first kappa shape index (κ1) is 16.2. The summed E-state index contributed by atoms with van der Waals surface area (Å²) in [6.07, 6.45) is 0.620. The van der Waals surface area contributed by atoms with Crippen LogP contribution in [-0.2, 0) is 25.5 Å². The smallest absolute Gasteiger partial charge is 0.328 e. The normalized spacial score (nSPS) is 11.7. The van der Waals surface area contributed by atoms with Crippen molar-refractivity contribution < 1.29 is 24.2 Å². The van der Waals surface area contributed by atoms with Gasteiger partial charge in [-0.25, -0.2) is 4.79 Å². The van der Waals surface area contributed by atoms with Crippen LogP contribution in [0, 0.1) is 0 Å². The first-order valence-corrected chi connectivity index (χ1v) is 7.02. The van der Waals surface area contributed by atoms with Crippen LogP contribution in [0.15, 0.2) is 17.5 Å². The van der Waals surface area contributed by atoms with Crippen LogP contribution in [0.1, 0.15) is 24.1 Å². The van der Waals surface area contributed by atoms with Gasteiger partial charge in [0.25, 0.3) is 0 Å². The van der Waals surface area contributed by atoms with Gasteiger partial charge in [0.05, 0.1) is 7.11 Å². The number of aliphatic carboxylic acids is 1. The molecule has 1 rings (SSSR count). The highest BCUT2D eigenvalue weighted by molar-refractivity contribution is 7.09. The molecule has 0 saturated carbocycles. The number of carboxylic acid groups (broad SMARTS) is 1. The number of carboxylic acids is 1. The van der Waals surface area contributed by atoms with Gasteiger partial charge < -0.3 is 15.2 Å². The minimum Gasteiger partial charge on any atom is -0.481 e. The van der Waals surface area contributed by atoms with Gasteiger partial charge in [-0.3, -0.25) is 9.59 Å². The van der Waals surface area contributed by atoms with E-state index in [1.165, 1.54) is 18.4 Å². The molecule has 2 N–H and O–H groups in total. The fraction of sp³-hybridized carbons (Fsp3) is 0.462. The van der Waals surface area contributed by atoms with Crippen LogP contribution in [0.3, 0.4) is 0 Å². The van der Waals surface area contributed by atoms with Crippen LogP contribution in [0.4, 0.5) is 0 Å². The summed E-state index contributed by atoms with van der Waals surface area (Å²) in [6.45, 7) is 0. The van der Waals surface area contributed by atoms with Crippen molar-refractivity contribution >= 4 is 29.2 Å². The second-order valence-corrected chi connectivity index (χ2v) is 5.21. The lowest BCUT2D eigenvalue weighted by atomic mass is 10.1. The zero-order valence-corrected chi connectivity index (χ0v) is 11.9. The first-order valence-electron chi connectivity index (χ1n) is 6.14. The lowest BCUT2D eigenvalue weighted by Gasteiger charge is -2.15. The third-order valence-electron chi connectivity index (χ3n) is 2.60. The zero-order valence-electron chi connectivity index (χ0n) is 11.1. The molecule has 0 aliphatic carbocycles. The molecule has 1 atom stereocenters. The van der Waals surface area contributed by atoms with Gasteiger partial charge in [0.2, 0.25) is 5.91 Å². The molecule has 0 aliphatic rings. The van der Waals surface area contributed by atoms with E-state index in [1.807, 2.05) is 17.5 Å². The Hall–Kier alpha value is -1.89. The predicted octanol–water partition coefficient (Wildman–Crippen LogP) is 1.20. The molecule has 1 amide bonds. The summed E-state index contributed by atoms with van der Waals surface area (Å²) in [5.41, 5.74) is 0. The van der Waals surface area contributed by atoms with Crippen molar-refractivity contribution in [2.24, 2.45) is 0 Å². The number of rotatable bonds is 8. The molecular formula is C13H17NO5S. The Labute approximate surface area is 120 Å². The summed E-state index contributed by atoms with van der Waals surface area (Å²) in [7, 11) is 1.26. The van der Waals surface area contributed by atoms with Crippen molar-refractivity contribution in [3.63, 3.8) is 0 Å². The predicted molar refractivity (Wildman–Crippen MR) is 73.5 cm³/mol. The van der Waals surface area contributed by atoms with Crippen molar-refractivity contribution in [2.45, 2.75) is 31.7 Å². The third-order valence-corrected chi connectivity index (χ3v) is 3.50. The van der Waals surface area contributed by atoms with E-state index in [9.17, 15) is 14.4 Å². The van der Waals surface area contributed by atoms with E-state index in [4.69, 9.17) is 5.11 Å². The molecule has 0 bridgehead atoms. The van der Waals surface area contributed by atoms with E-state index in [0.29, 0.717) is 6.42 Å². The fourth-order valence-corrected chi connectivity index (χ4v) is 2.38. The minimum absolute atomic E-state index is 0.0682. The van der Waals surface area contributed by atoms with Crippen LogP contribution >= 0.6 is 11.3 Å². The Kier molecular flexibility index (Phi) is 6.72. The summed E-state index contributed by atoms with van der Waals surface area (Å²) in [5.74, 6) is -1.80. The van der Waals surface area contributed by atoms with Crippen LogP contribution in [0.5, 0.6) is 0 Å². The highest BCUT2D eigenvalue weighted by atomic mass is 32.1. The molecule has 1 heterocycles. The van der Waals surface area contributed by atoms with Crippen molar-refractivity contribution in [1.29, 1.82) is 0 Å². The van der Waals surface area contributed by atoms with Crippen molar-refractivity contribution in [2.75, 3.05) is 7.11 Å². The molecule has 6 nitrogen and oxygen atoms in total. The maximum atomic E-state index is 11.7. The summed E-state index contributed by atoms with van der Waals surface area (Å²) in [6, 6.07) is 3.00. The molecule has 0 aromatic carbocycles. The van der Waals surface area contributed by atoms with Gasteiger partial charge >= 0.3 is 11.9 Å². The summed E-state index contributed by atoms with van der Waals surface area (Å²) >= 11 is 1.49. The number of hydrogen-bond acceptors (Lipinski definition) is 5. The Morgan fingerprint density at radius 1 is 1.40 bits per heavy atom. The Morgan fingerprint density at radius 3 is 2.70 bits per heavy atom. The molecule has 0 fully saturated rings. The Bertz CT molecular complexity index is 457. The fourth-order valence-electron chi connectivity index (χ4n) is 1.63. The summed E-state index contributed by atoms with van der Waals surface area (Å²) in [4.78, 5) is 34.6. The quantitative estimate of drug-likeness (QED) is 0.704. The maximum Gasteiger partial charge on any atom is 0.328 e. The second kappa shape index (κ2) is 8.31. The number of ether oxygens (including phenoxy) is 1. The molecule has 1 aromatic rings. The molecule has 110 valence electrons. The third kappa shape index (κ3) is 5.83. The van der Waals surface area contributed by atoms with E-state index >= 15 is 0 Å². The number of methoxy groups -OCH3 is 1. The van der Waals surface area contributed by atoms with Gasteiger partial charge in [-0.15, -0.1) is 11.3 Å². The number of carbonyl (C=O) groups is 3. The molecule has 0 radical (unpaired) electrons. The van der Waals surface area contributed by atoms with Gasteiger partial charge in [-0.1, -0.05) is 6.07 Å². The molecule has 1 aromatic heterocycles. The monoisotopic (exact) mass is 299 g/mol. The van der Waals surface area contributed by atoms with Crippen LogP contribution < -0.4 is 5.32 Å². The Morgan fingerprint density at radius 2 is 2.15 bits per heavy atom. The molecule has 0 saturated heterocycles. The largest absolute Gasteiger partial charge is 0.481 e. The van der Waals surface area contributed by atoms with Gasteiger partial charge in [0, 0.05) is 24.1 Å². The van der Waals surface area contributed by atoms with E-state index in [-0.39, 0.29) is 25.2 Å². The topological polar surface area (TPSA) is 92.7 Å². The van der Waals surface area contributed by atoms with Crippen molar-refractivity contribution in [1.82, 2.24) is 5.32 Å². The average molecular weight is 299 g/mol. The summed E-state index contributed by atoms with van der Waals surface area (Å²) < 4.78 is 4.66. The molecular weight excluding hydrogens is 282 g/mol. The molecule has 0 spiro atoms. The van der Waals surface area contributed by atoms with E-state index < -0.39 is 18.0 Å². The second-order valence-electron chi connectivity index (χ2n) is 4.17. The van der Waals surface area contributed by atoms with Crippen LogP contribution in [-0.4, -0.2) is 36.1 Å². The molecule has 0 aliphatic heterocycles. The van der Waals surface area contributed by atoms with Gasteiger partial charge in [0.15, 0.2) is 0 Å². The van der Waals surface area contributed by atoms with Crippen molar-refractivity contribution in [3.05, 3.63) is 22.4 Å². The van der Waals surface area contributed by atoms with Crippen LogP contribution in [0.25, 0.3) is 0 Å². The first-order chi connectivity index (χ1) is 9.52. The lowest BCUT2D eigenvalue weighted by molar-refractivity contribution is -0.145. The SMILES string of the molecule is COC(=O)C(Cc1cccs1)NC(=O)CCCC(=O)O. The average Bonchev–Trinajstić information content (AvgIpc) is 2.89. The highest BCUT2D eigenvalue weighted by Crippen LogP contribution is 2.12.